The molecule has 4 heterocycles. The lowest BCUT2D eigenvalue weighted by molar-refractivity contribution is -0.150. The Balaban J connectivity index is 1.69. The van der Waals surface area contributed by atoms with Crippen LogP contribution in [0.2, 0.25) is 5.02 Å². The molecule has 1 fully saturated rings. The summed E-state index contributed by atoms with van der Waals surface area (Å²) >= 11 is 6.27. The fraction of sp³-hybridized carbons (Fsp3) is 0.412. The van der Waals surface area contributed by atoms with Gasteiger partial charge in [-0.1, -0.05) is 11.6 Å². The summed E-state index contributed by atoms with van der Waals surface area (Å²) in [5.74, 6) is -0.162. The van der Waals surface area contributed by atoms with E-state index in [0.717, 1.165) is 0 Å². The number of amides is 1. The van der Waals surface area contributed by atoms with Gasteiger partial charge in [-0.3, -0.25) is 19.1 Å². The third kappa shape index (κ3) is 3.67. The third-order valence-corrected chi connectivity index (χ3v) is 5.36. The Kier molecular flexibility index (Phi) is 4.74. The zero-order valence-electron chi connectivity index (χ0n) is 15.0. The van der Waals surface area contributed by atoms with E-state index in [-0.39, 0.29) is 42.3 Å². The van der Waals surface area contributed by atoms with Gasteiger partial charge in [-0.2, -0.15) is 13.2 Å². The maximum Gasteiger partial charge on any atom is 0.401 e. The Labute approximate surface area is 167 Å². The second-order valence-electron chi connectivity index (χ2n) is 6.99. The van der Waals surface area contributed by atoms with E-state index in [4.69, 9.17) is 11.6 Å². The number of hydrogen-bond acceptors (Lipinski definition) is 6. The van der Waals surface area contributed by atoms with E-state index in [9.17, 15) is 22.8 Å². The lowest BCUT2D eigenvalue weighted by Crippen LogP contribution is -2.55. The molecular formula is C17H16ClF3N6O2. The summed E-state index contributed by atoms with van der Waals surface area (Å²) in [6, 6.07) is 2.90. The van der Waals surface area contributed by atoms with Crippen LogP contribution in [0.5, 0.6) is 0 Å². The van der Waals surface area contributed by atoms with Gasteiger partial charge in [0.1, 0.15) is 29.2 Å². The first kappa shape index (κ1) is 19.6. The average molecular weight is 429 g/mol. The Hall–Kier alpha value is -2.66. The second kappa shape index (κ2) is 6.99. The highest BCUT2D eigenvalue weighted by Crippen LogP contribution is 2.36. The summed E-state index contributed by atoms with van der Waals surface area (Å²) < 4.78 is 39.3. The Morgan fingerprint density at radius 1 is 1.28 bits per heavy atom. The monoisotopic (exact) mass is 428 g/mol. The van der Waals surface area contributed by atoms with Crippen LogP contribution in [0, 0.1) is 0 Å². The van der Waals surface area contributed by atoms with Gasteiger partial charge in [0.25, 0.3) is 11.5 Å². The summed E-state index contributed by atoms with van der Waals surface area (Å²) in [4.78, 5) is 34.7. The predicted octanol–water partition coefficient (Wildman–Crippen LogP) is 2.09. The number of halogens is 4. The average Bonchev–Trinajstić information content (AvgIpc) is 2.94. The van der Waals surface area contributed by atoms with Crippen molar-refractivity contribution in [1.82, 2.24) is 24.8 Å². The molecule has 0 unspecified atom stereocenters. The highest BCUT2D eigenvalue weighted by Gasteiger charge is 2.47. The van der Waals surface area contributed by atoms with Gasteiger partial charge < -0.3 is 10.6 Å². The van der Waals surface area contributed by atoms with Crippen molar-refractivity contribution in [3.05, 3.63) is 45.7 Å². The number of likely N-dealkylation sites (tertiary alicyclic amines) is 1. The van der Waals surface area contributed by atoms with Gasteiger partial charge in [-0.05, 0) is 12.1 Å². The van der Waals surface area contributed by atoms with E-state index >= 15 is 0 Å². The van der Waals surface area contributed by atoms with Gasteiger partial charge in [-0.25, -0.2) is 9.97 Å². The Morgan fingerprint density at radius 2 is 2.00 bits per heavy atom. The van der Waals surface area contributed by atoms with Gasteiger partial charge >= 0.3 is 6.18 Å². The smallest absolute Gasteiger partial charge is 0.336 e. The van der Waals surface area contributed by atoms with Gasteiger partial charge in [0.2, 0.25) is 0 Å². The molecule has 4 rings (SSSR count). The molecule has 2 aliphatic heterocycles. The van der Waals surface area contributed by atoms with Crippen molar-refractivity contribution < 1.29 is 18.0 Å². The van der Waals surface area contributed by atoms with Gasteiger partial charge in [0.15, 0.2) is 0 Å². The van der Waals surface area contributed by atoms with Gasteiger partial charge in [0, 0.05) is 32.1 Å². The highest BCUT2D eigenvalue weighted by atomic mass is 35.5. The van der Waals surface area contributed by atoms with Crippen molar-refractivity contribution in [2.24, 2.45) is 0 Å². The molecule has 154 valence electrons. The number of aromatic nitrogens is 3. The van der Waals surface area contributed by atoms with Crippen LogP contribution < -0.4 is 16.2 Å². The van der Waals surface area contributed by atoms with Crippen LogP contribution in [0.4, 0.5) is 24.7 Å². The normalized spacial score (nSPS) is 18.6. The maximum atomic E-state index is 13.2. The number of fused-ring (bicyclic) bond motifs is 2. The third-order valence-electron chi connectivity index (χ3n) is 5.07. The van der Waals surface area contributed by atoms with Gasteiger partial charge in [-0.15, -0.1) is 0 Å². The van der Waals surface area contributed by atoms with Gasteiger partial charge in [0.05, 0.1) is 11.6 Å². The van der Waals surface area contributed by atoms with E-state index in [1.165, 1.54) is 28.1 Å². The first-order chi connectivity index (χ1) is 13.7. The predicted molar refractivity (Wildman–Crippen MR) is 98.2 cm³/mol. The number of rotatable bonds is 3. The summed E-state index contributed by atoms with van der Waals surface area (Å²) in [6.07, 6.45) is -1.22. The standard InChI is InChI=1S/C17H16ClF3N6O2/c18-10-7-11(24-12-1-4-22-9-23-12)15(29)27-13(10)14(28)25-16(27)2-5-26(6-3-16)8-17(19,20)21/h1,4,7,9H,2-3,5-6,8H2,(H,25,28)(H,22,23,24). The summed E-state index contributed by atoms with van der Waals surface area (Å²) in [6.45, 7) is -0.880. The Bertz CT molecular complexity index is 1000. The van der Waals surface area contributed by atoms with Crippen molar-refractivity contribution in [3.8, 4) is 0 Å². The molecule has 1 spiro atoms. The molecule has 8 nitrogen and oxygen atoms in total. The number of pyridine rings is 1. The van der Waals surface area contributed by atoms with E-state index in [0.29, 0.717) is 5.82 Å². The quantitative estimate of drug-likeness (QED) is 0.777. The van der Waals surface area contributed by atoms with Crippen LogP contribution in [0.1, 0.15) is 23.3 Å². The number of piperidine rings is 1. The maximum absolute atomic E-state index is 13.2. The highest BCUT2D eigenvalue weighted by molar-refractivity contribution is 6.34. The molecule has 2 aliphatic rings. The number of carbonyl (C=O) groups excluding carboxylic acids is 1. The number of nitrogens with zero attached hydrogens (tertiary/aromatic N) is 4. The molecule has 1 amide bonds. The van der Waals surface area contributed by atoms with E-state index < -0.39 is 29.9 Å². The van der Waals surface area contributed by atoms with Crippen molar-refractivity contribution in [2.75, 3.05) is 25.0 Å². The van der Waals surface area contributed by atoms with Crippen LogP contribution in [0.25, 0.3) is 0 Å². The molecule has 0 radical (unpaired) electrons. The van der Waals surface area contributed by atoms with Crippen LogP contribution in [-0.4, -0.2) is 51.2 Å². The fourth-order valence-corrected chi connectivity index (χ4v) is 4.09. The molecule has 0 bridgehead atoms. The summed E-state index contributed by atoms with van der Waals surface area (Å²) in [7, 11) is 0. The second-order valence-corrected chi connectivity index (χ2v) is 7.40. The molecule has 0 saturated carbocycles. The number of hydrogen-bond donors (Lipinski definition) is 2. The molecule has 0 aromatic carbocycles. The fourth-order valence-electron chi connectivity index (χ4n) is 3.81. The minimum atomic E-state index is -4.31. The molecule has 1 saturated heterocycles. The number of carbonyl (C=O) groups is 1. The van der Waals surface area contributed by atoms with Crippen molar-refractivity contribution in [2.45, 2.75) is 24.7 Å². The molecule has 12 heteroatoms. The van der Waals surface area contributed by atoms with Crippen LogP contribution in [0.3, 0.4) is 0 Å². The van der Waals surface area contributed by atoms with Crippen molar-refractivity contribution in [3.63, 3.8) is 0 Å². The lowest BCUT2D eigenvalue weighted by Gasteiger charge is -2.40. The van der Waals surface area contributed by atoms with Crippen molar-refractivity contribution in [1.29, 1.82) is 0 Å². The molecule has 2 aromatic heterocycles. The van der Waals surface area contributed by atoms with E-state index in [1.807, 2.05) is 0 Å². The molecule has 0 atom stereocenters. The zero-order valence-corrected chi connectivity index (χ0v) is 15.7. The lowest BCUT2D eigenvalue weighted by atomic mass is 9.97. The minimum Gasteiger partial charge on any atom is -0.336 e. The van der Waals surface area contributed by atoms with Crippen LogP contribution in [-0.2, 0) is 5.66 Å². The molecule has 2 N–H and O–H groups in total. The molecule has 29 heavy (non-hydrogen) atoms. The van der Waals surface area contributed by atoms with Crippen LogP contribution >= 0.6 is 11.6 Å². The first-order valence-electron chi connectivity index (χ1n) is 8.79. The number of nitrogens with one attached hydrogen (secondary N) is 2. The first-order valence-corrected chi connectivity index (χ1v) is 9.17. The number of alkyl halides is 3. The van der Waals surface area contributed by atoms with E-state index in [2.05, 4.69) is 20.6 Å². The van der Waals surface area contributed by atoms with Crippen molar-refractivity contribution >= 4 is 29.0 Å². The minimum absolute atomic E-state index is 0.00850. The Morgan fingerprint density at radius 3 is 2.62 bits per heavy atom. The largest absolute Gasteiger partial charge is 0.401 e. The molecule has 0 aliphatic carbocycles. The SMILES string of the molecule is O=C1NC2(CCN(CC(F)(F)F)CC2)n2c1c(Cl)cc(Nc1ccncn1)c2=O. The topological polar surface area (TPSA) is 92.2 Å². The summed E-state index contributed by atoms with van der Waals surface area (Å²) in [5.41, 5.74) is -1.51. The van der Waals surface area contributed by atoms with Crippen LogP contribution in [0.15, 0.2) is 29.5 Å². The molecular weight excluding hydrogens is 413 g/mol. The van der Waals surface area contributed by atoms with E-state index in [1.54, 1.807) is 6.07 Å². The summed E-state index contributed by atoms with van der Waals surface area (Å²) in [5, 5.41) is 5.68. The zero-order chi connectivity index (χ0) is 20.8. The number of anilines is 2. The molecule has 2 aromatic rings.